The van der Waals surface area contributed by atoms with E-state index in [4.69, 9.17) is 16.9 Å². The van der Waals surface area contributed by atoms with Crippen molar-refractivity contribution < 1.29 is 9.18 Å². The third-order valence-corrected chi connectivity index (χ3v) is 3.80. The number of hydrogen-bond acceptors (Lipinski definition) is 4. The lowest BCUT2D eigenvalue weighted by atomic mass is 10.1. The van der Waals surface area contributed by atoms with Crippen LogP contribution in [0.25, 0.3) is 0 Å². The number of carbonyl (C=O) groups is 1. The minimum atomic E-state index is -0.519. The van der Waals surface area contributed by atoms with Crippen molar-refractivity contribution in [2.45, 2.75) is 0 Å². The molecule has 0 fully saturated rings. The fourth-order valence-corrected chi connectivity index (χ4v) is 2.43. The summed E-state index contributed by atoms with van der Waals surface area (Å²) in [5.41, 5.74) is 1.69. The van der Waals surface area contributed by atoms with Crippen LogP contribution >= 0.6 is 11.6 Å². The second-order valence-corrected chi connectivity index (χ2v) is 5.70. The molecule has 1 aromatic heterocycles. The molecule has 0 saturated heterocycles. The summed E-state index contributed by atoms with van der Waals surface area (Å²) in [5, 5.41) is 14.7. The molecular weight excluding hydrogens is 355 g/mol. The van der Waals surface area contributed by atoms with Crippen molar-refractivity contribution in [3.05, 3.63) is 82.8 Å². The average Bonchev–Trinajstić information content (AvgIpc) is 2.65. The number of carbonyl (C=O) groups excluding carboxylic acids is 1. The van der Waals surface area contributed by atoms with Gasteiger partial charge in [0, 0.05) is 17.4 Å². The largest absolute Gasteiger partial charge is 0.340 e. The van der Waals surface area contributed by atoms with Crippen LogP contribution in [0.1, 0.15) is 15.9 Å². The van der Waals surface area contributed by atoms with E-state index in [-0.39, 0.29) is 10.9 Å². The summed E-state index contributed by atoms with van der Waals surface area (Å²) in [5.74, 6) is -0.501. The summed E-state index contributed by atoms with van der Waals surface area (Å²) in [6, 6.07) is 16.0. The van der Waals surface area contributed by atoms with E-state index in [1.165, 1.54) is 24.4 Å². The van der Waals surface area contributed by atoms with Gasteiger partial charge in [-0.2, -0.15) is 5.26 Å². The number of hydrogen-bond donors (Lipinski definition) is 2. The molecule has 7 heteroatoms. The van der Waals surface area contributed by atoms with Gasteiger partial charge in [0.1, 0.15) is 17.7 Å². The summed E-state index contributed by atoms with van der Waals surface area (Å²) in [4.78, 5) is 16.6. The highest BCUT2D eigenvalue weighted by Crippen LogP contribution is 2.22. The molecule has 128 valence electrons. The first-order chi connectivity index (χ1) is 12.6. The molecule has 0 radical (unpaired) electrons. The quantitative estimate of drug-likeness (QED) is 0.699. The molecule has 0 aliphatic rings. The summed E-state index contributed by atoms with van der Waals surface area (Å²) in [6.45, 7) is 0. The number of anilines is 3. The van der Waals surface area contributed by atoms with Gasteiger partial charge < -0.3 is 10.6 Å². The fourth-order valence-electron chi connectivity index (χ4n) is 2.25. The van der Waals surface area contributed by atoms with E-state index in [1.807, 2.05) is 6.07 Å². The first-order valence-electron chi connectivity index (χ1n) is 7.55. The van der Waals surface area contributed by atoms with Crippen molar-refractivity contribution in [2.75, 3.05) is 10.6 Å². The summed E-state index contributed by atoms with van der Waals surface area (Å²) in [6.07, 6.45) is 1.47. The molecule has 0 aliphatic carbocycles. The molecule has 3 rings (SSSR count). The van der Waals surface area contributed by atoms with Crippen LogP contribution in [0.2, 0.25) is 5.02 Å². The molecule has 2 N–H and O–H groups in total. The lowest BCUT2D eigenvalue weighted by Crippen LogP contribution is -2.13. The van der Waals surface area contributed by atoms with E-state index >= 15 is 0 Å². The van der Waals surface area contributed by atoms with Crippen molar-refractivity contribution >= 4 is 34.7 Å². The summed E-state index contributed by atoms with van der Waals surface area (Å²) >= 11 is 5.75. The van der Waals surface area contributed by atoms with Gasteiger partial charge in [-0.3, -0.25) is 4.79 Å². The van der Waals surface area contributed by atoms with Crippen molar-refractivity contribution in [1.82, 2.24) is 4.98 Å². The summed E-state index contributed by atoms with van der Waals surface area (Å²) in [7, 11) is 0. The molecule has 0 bridgehead atoms. The zero-order chi connectivity index (χ0) is 18.5. The van der Waals surface area contributed by atoms with E-state index in [0.29, 0.717) is 28.3 Å². The van der Waals surface area contributed by atoms with Gasteiger partial charge in [0.25, 0.3) is 5.91 Å². The Balaban J connectivity index is 1.79. The topological polar surface area (TPSA) is 77.8 Å². The number of aromatic nitrogens is 1. The number of pyridine rings is 1. The Bertz CT molecular complexity index is 1020. The molecule has 1 amide bonds. The van der Waals surface area contributed by atoms with Gasteiger partial charge in [-0.05, 0) is 42.5 Å². The predicted octanol–water partition coefficient (Wildman–Crippen LogP) is 4.74. The van der Waals surface area contributed by atoms with Crippen LogP contribution in [0.4, 0.5) is 21.6 Å². The average molecular weight is 367 g/mol. The first kappa shape index (κ1) is 17.4. The highest BCUT2D eigenvalue weighted by atomic mass is 35.5. The maximum Gasteiger partial charge on any atom is 0.255 e. The van der Waals surface area contributed by atoms with Crippen LogP contribution in [0.15, 0.2) is 60.8 Å². The second kappa shape index (κ2) is 7.64. The highest BCUT2D eigenvalue weighted by molar-refractivity contribution is 6.31. The van der Waals surface area contributed by atoms with E-state index in [9.17, 15) is 9.18 Å². The van der Waals surface area contributed by atoms with E-state index in [0.717, 1.165) is 0 Å². The predicted molar refractivity (Wildman–Crippen MR) is 98.0 cm³/mol. The number of amides is 1. The molecule has 26 heavy (non-hydrogen) atoms. The normalized spacial score (nSPS) is 10.0. The Morgan fingerprint density at radius 3 is 2.73 bits per heavy atom. The third-order valence-electron chi connectivity index (χ3n) is 3.51. The monoisotopic (exact) mass is 366 g/mol. The SMILES string of the molecule is N#Cc1ccccc1NC(=O)c1ccnc(Nc2ccc(F)c(Cl)c2)c1. The van der Waals surface area contributed by atoms with Crippen molar-refractivity contribution in [1.29, 1.82) is 5.26 Å². The van der Waals surface area contributed by atoms with Crippen LogP contribution in [-0.2, 0) is 0 Å². The van der Waals surface area contributed by atoms with Crippen LogP contribution in [0.5, 0.6) is 0 Å². The number of halogens is 2. The molecule has 5 nitrogen and oxygen atoms in total. The number of benzene rings is 2. The number of para-hydroxylation sites is 1. The highest BCUT2D eigenvalue weighted by Gasteiger charge is 2.10. The van der Waals surface area contributed by atoms with Crippen molar-refractivity contribution in [3.8, 4) is 6.07 Å². The Morgan fingerprint density at radius 2 is 1.96 bits per heavy atom. The molecular formula is C19H12ClFN4O. The Labute approximate surface area is 154 Å². The second-order valence-electron chi connectivity index (χ2n) is 5.30. The lowest BCUT2D eigenvalue weighted by Gasteiger charge is -2.09. The smallest absolute Gasteiger partial charge is 0.255 e. The third kappa shape index (κ3) is 3.97. The van der Waals surface area contributed by atoms with Gasteiger partial charge in [-0.15, -0.1) is 0 Å². The Kier molecular flexibility index (Phi) is 5.11. The van der Waals surface area contributed by atoms with Gasteiger partial charge in [0.2, 0.25) is 0 Å². The van der Waals surface area contributed by atoms with Crippen LogP contribution < -0.4 is 10.6 Å². The molecule has 1 heterocycles. The fraction of sp³-hybridized carbons (Fsp3) is 0. The van der Waals surface area contributed by atoms with Crippen molar-refractivity contribution in [2.24, 2.45) is 0 Å². The number of nitrogens with one attached hydrogen (secondary N) is 2. The molecule has 0 unspecified atom stereocenters. The molecule has 0 spiro atoms. The number of nitriles is 1. The Hall–Kier alpha value is -3.43. The van der Waals surface area contributed by atoms with Gasteiger partial charge in [-0.1, -0.05) is 23.7 Å². The molecule has 0 saturated carbocycles. The van der Waals surface area contributed by atoms with Crippen LogP contribution in [0, 0.1) is 17.1 Å². The van der Waals surface area contributed by atoms with Crippen molar-refractivity contribution in [3.63, 3.8) is 0 Å². The van der Waals surface area contributed by atoms with E-state index < -0.39 is 5.82 Å². The minimum absolute atomic E-state index is 0.0167. The molecule has 0 aliphatic heterocycles. The zero-order valence-corrected chi connectivity index (χ0v) is 14.1. The first-order valence-corrected chi connectivity index (χ1v) is 7.93. The summed E-state index contributed by atoms with van der Waals surface area (Å²) < 4.78 is 13.2. The molecule has 3 aromatic rings. The van der Waals surface area contributed by atoms with Gasteiger partial charge in [0.05, 0.1) is 16.3 Å². The Morgan fingerprint density at radius 1 is 1.15 bits per heavy atom. The maximum absolute atomic E-state index is 13.2. The maximum atomic E-state index is 13.2. The van der Waals surface area contributed by atoms with Gasteiger partial charge in [-0.25, -0.2) is 9.37 Å². The van der Waals surface area contributed by atoms with Gasteiger partial charge in [0.15, 0.2) is 0 Å². The zero-order valence-electron chi connectivity index (χ0n) is 13.3. The minimum Gasteiger partial charge on any atom is -0.340 e. The molecule has 2 aromatic carbocycles. The van der Waals surface area contributed by atoms with E-state index in [2.05, 4.69) is 15.6 Å². The number of nitrogens with zero attached hydrogens (tertiary/aromatic N) is 2. The van der Waals surface area contributed by atoms with E-state index in [1.54, 1.807) is 36.4 Å². The standard InChI is InChI=1S/C19H12ClFN4O/c20-15-10-14(5-6-16(15)21)24-18-9-12(7-8-23-18)19(26)25-17-4-2-1-3-13(17)11-22/h1-10H,(H,23,24)(H,25,26). The van der Waals surface area contributed by atoms with Crippen LogP contribution in [-0.4, -0.2) is 10.9 Å². The van der Waals surface area contributed by atoms with Crippen LogP contribution in [0.3, 0.4) is 0 Å². The molecule has 0 atom stereocenters. The lowest BCUT2D eigenvalue weighted by molar-refractivity contribution is 0.102. The van der Waals surface area contributed by atoms with Gasteiger partial charge >= 0.3 is 0 Å². The number of rotatable bonds is 4.